The van der Waals surface area contributed by atoms with Gasteiger partial charge in [0.05, 0.1) is 47.0 Å². The van der Waals surface area contributed by atoms with E-state index in [-0.39, 0.29) is 18.2 Å². The second-order valence-electron chi connectivity index (χ2n) is 8.57. The van der Waals surface area contributed by atoms with Crippen molar-refractivity contribution in [3.8, 4) is 17.2 Å². The van der Waals surface area contributed by atoms with E-state index >= 15 is 0 Å². The van der Waals surface area contributed by atoms with Crippen molar-refractivity contribution in [3.05, 3.63) is 53.1 Å². The zero-order valence-corrected chi connectivity index (χ0v) is 20.5. The van der Waals surface area contributed by atoms with Gasteiger partial charge in [-0.1, -0.05) is 18.2 Å². The fourth-order valence-corrected chi connectivity index (χ4v) is 4.66. The average molecular weight is 484 g/mol. The number of hydrogen-bond acceptors (Lipinski definition) is 7. The number of morpholine rings is 1. The van der Waals surface area contributed by atoms with Gasteiger partial charge < -0.3 is 29.2 Å². The van der Waals surface area contributed by atoms with Crippen molar-refractivity contribution in [3.63, 3.8) is 0 Å². The molecule has 2 aliphatic heterocycles. The van der Waals surface area contributed by atoms with Gasteiger partial charge in [0.1, 0.15) is 0 Å². The van der Waals surface area contributed by atoms with Crippen LogP contribution < -0.4 is 19.5 Å². The summed E-state index contributed by atoms with van der Waals surface area (Å²) in [6.07, 6.45) is 0.113. The quantitative estimate of drug-likeness (QED) is 0.554. The molecule has 1 fully saturated rings. The van der Waals surface area contributed by atoms with Gasteiger partial charge in [0, 0.05) is 38.3 Å². The predicted molar refractivity (Wildman–Crippen MR) is 130 cm³/mol. The Hall–Kier alpha value is -3.30. The number of nitrogens with zero attached hydrogens (tertiary/aromatic N) is 2. The number of hydrogen-bond donors (Lipinski definition) is 1. The molecule has 1 N–H and O–H groups in total. The van der Waals surface area contributed by atoms with Gasteiger partial charge in [-0.05, 0) is 29.3 Å². The smallest absolute Gasteiger partial charge is 0.255 e. The van der Waals surface area contributed by atoms with Crippen LogP contribution in [0.25, 0.3) is 0 Å². The van der Waals surface area contributed by atoms with Crippen molar-refractivity contribution in [2.45, 2.75) is 19.0 Å². The molecule has 2 aliphatic rings. The van der Waals surface area contributed by atoms with Crippen molar-refractivity contribution in [1.82, 2.24) is 15.1 Å². The summed E-state index contributed by atoms with van der Waals surface area (Å²) in [5.74, 6) is 1.19. The highest BCUT2D eigenvalue weighted by atomic mass is 16.5. The van der Waals surface area contributed by atoms with Crippen LogP contribution in [0.2, 0.25) is 0 Å². The van der Waals surface area contributed by atoms with Crippen LogP contribution in [0.3, 0.4) is 0 Å². The number of ether oxygens (including phenoxy) is 4. The molecule has 0 spiro atoms. The molecule has 2 aromatic carbocycles. The lowest BCUT2D eigenvalue weighted by molar-refractivity contribution is -0.122. The van der Waals surface area contributed by atoms with E-state index in [0.717, 1.165) is 44.0 Å². The maximum absolute atomic E-state index is 13.3. The van der Waals surface area contributed by atoms with Gasteiger partial charge in [-0.2, -0.15) is 0 Å². The van der Waals surface area contributed by atoms with E-state index in [4.69, 9.17) is 18.9 Å². The van der Waals surface area contributed by atoms with Crippen LogP contribution in [0.1, 0.15) is 33.9 Å². The van der Waals surface area contributed by atoms with Crippen LogP contribution in [-0.2, 0) is 16.1 Å². The van der Waals surface area contributed by atoms with Crippen LogP contribution in [0, 0.1) is 0 Å². The topological polar surface area (TPSA) is 89.6 Å². The zero-order chi connectivity index (χ0) is 24.8. The number of rotatable bonds is 10. The summed E-state index contributed by atoms with van der Waals surface area (Å²) in [4.78, 5) is 30.4. The van der Waals surface area contributed by atoms with Gasteiger partial charge in [-0.25, -0.2) is 0 Å². The Morgan fingerprint density at radius 2 is 1.74 bits per heavy atom. The molecule has 0 aromatic heterocycles. The van der Waals surface area contributed by atoms with E-state index in [0.29, 0.717) is 35.9 Å². The number of carbonyl (C=O) groups excluding carboxylic acids is 2. The molecular formula is C26H33N3O6. The number of carbonyl (C=O) groups is 2. The van der Waals surface area contributed by atoms with Crippen molar-refractivity contribution in [2.75, 3.05) is 60.7 Å². The lowest BCUT2D eigenvalue weighted by atomic mass is 10.00. The molecule has 9 heteroatoms. The summed E-state index contributed by atoms with van der Waals surface area (Å²) in [6, 6.07) is 10.7. The third-order valence-electron chi connectivity index (χ3n) is 6.53. The minimum atomic E-state index is -0.507. The Balaban J connectivity index is 1.57. The molecule has 0 radical (unpaired) electrons. The SMILES string of the molecule is COc1cc([C@@H](CC(=O)NCCN2CCOCC2)N2Cc3ccccc3C2=O)cc(OC)c1OC. The highest BCUT2D eigenvalue weighted by Crippen LogP contribution is 2.42. The summed E-state index contributed by atoms with van der Waals surface area (Å²) in [6.45, 7) is 4.89. The van der Waals surface area contributed by atoms with Crippen LogP contribution in [0.15, 0.2) is 36.4 Å². The Morgan fingerprint density at radius 1 is 1.06 bits per heavy atom. The van der Waals surface area contributed by atoms with E-state index in [2.05, 4.69) is 10.2 Å². The average Bonchev–Trinajstić information content (AvgIpc) is 3.23. The monoisotopic (exact) mass is 483 g/mol. The predicted octanol–water partition coefficient (Wildman–Crippen LogP) is 2.25. The fourth-order valence-electron chi connectivity index (χ4n) is 4.66. The van der Waals surface area contributed by atoms with Crippen LogP contribution >= 0.6 is 0 Å². The second kappa shape index (κ2) is 11.4. The zero-order valence-electron chi connectivity index (χ0n) is 20.5. The minimum absolute atomic E-state index is 0.0968. The Labute approximate surface area is 205 Å². The van der Waals surface area contributed by atoms with Crippen LogP contribution in [-0.4, -0.2) is 82.3 Å². The number of amides is 2. The second-order valence-corrected chi connectivity index (χ2v) is 8.57. The molecule has 188 valence electrons. The molecule has 2 amide bonds. The molecule has 35 heavy (non-hydrogen) atoms. The molecule has 0 aliphatic carbocycles. The largest absolute Gasteiger partial charge is 0.493 e. The van der Waals surface area contributed by atoms with Crippen molar-refractivity contribution >= 4 is 11.8 Å². The van der Waals surface area contributed by atoms with Crippen LogP contribution in [0.4, 0.5) is 0 Å². The summed E-state index contributed by atoms with van der Waals surface area (Å²) < 4.78 is 21.9. The van der Waals surface area contributed by atoms with E-state index in [1.165, 1.54) is 0 Å². The van der Waals surface area contributed by atoms with Gasteiger partial charge in [0.15, 0.2) is 11.5 Å². The first-order valence-electron chi connectivity index (χ1n) is 11.8. The van der Waals surface area contributed by atoms with Gasteiger partial charge >= 0.3 is 0 Å². The van der Waals surface area contributed by atoms with Gasteiger partial charge in [0.25, 0.3) is 5.91 Å². The lowest BCUT2D eigenvalue weighted by Crippen LogP contribution is -2.42. The summed E-state index contributed by atoms with van der Waals surface area (Å²) >= 11 is 0. The third-order valence-corrected chi connectivity index (χ3v) is 6.53. The first kappa shape index (κ1) is 24.8. The van der Waals surface area contributed by atoms with E-state index in [1.54, 1.807) is 26.2 Å². The lowest BCUT2D eigenvalue weighted by Gasteiger charge is -2.29. The maximum Gasteiger partial charge on any atom is 0.255 e. The molecule has 0 unspecified atom stereocenters. The fraction of sp³-hybridized carbons (Fsp3) is 0.462. The highest BCUT2D eigenvalue weighted by molar-refractivity contribution is 5.98. The van der Waals surface area contributed by atoms with E-state index in [9.17, 15) is 9.59 Å². The van der Waals surface area contributed by atoms with Gasteiger partial charge in [0.2, 0.25) is 11.7 Å². The first-order valence-corrected chi connectivity index (χ1v) is 11.8. The standard InChI is InChI=1S/C26H33N3O6/c1-32-22-14-19(15-23(33-2)25(22)34-3)21(29-17-18-6-4-5-7-20(18)26(29)31)16-24(30)27-8-9-28-10-12-35-13-11-28/h4-7,14-15,21H,8-13,16-17H2,1-3H3,(H,27,30)/t21-/m1/s1. The summed E-state index contributed by atoms with van der Waals surface area (Å²) in [5, 5.41) is 3.02. The van der Waals surface area contributed by atoms with Gasteiger partial charge in [-0.3, -0.25) is 14.5 Å². The molecule has 0 bridgehead atoms. The maximum atomic E-state index is 13.3. The number of methoxy groups -OCH3 is 3. The van der Waals surface area contributed by atoms with E-state index in [1.807, 2.05) is 36.4 Å². The molecular weight excluding hydrogens is 450 g/mol. The molecule has 2 heterocycles. The van der Waals surface area contributed by atoms with Gasteiger partial charge in [-0.15, -0.1) is 0 Å². The Morgan fingerprint density at radius 3 is 2.37 bits per heavy atom. The summed E-state index contributed by atoms with van der Waals surface area (Å²) in [5.41, 5.74) is 2.35. The summed E-state index contributed by atoms with van der Waals surface area (Å²) in [7, 11) is 4.64. The Bertz CT molecular complexity index is 1030. The molecule has 2 aromatic rings. The van der Waals surface area contributed by atoms with Crippen molar-refractivity contribution in [2.24, 2.45) is 0 Å². The Kier molecular flexibility index (Phi) is 8.09. The molecule has 4 rings (SSSR count). The van der Waals surface area contributed by atoms with E-state index < -0.39 is 6.04 Å². The normalized spacial score (nSPS) is 16.5. The van der Waals surface area contributed by atoms with Crippen molar-refractivity contribution < 1.29 is 28.5 Å². The third kappa shape index (κ3) is 5.52. The van der Waals surface area contributed by atoms with Crippen molar-refractivity contribution in [1.29, 1.82) is 0 Å². The van der Waals surface area contributed by atoms with Crippen LogP contribution in [0.5, 0.6) is 17.2 Å². The molecule has 1 atom stereocenters. The first-order chi connectivity index (χ1) is 17.0. The minimum Gasteiger partial charge on any atom is -0.493 e. The number of nitrogens with one attached hydrogen (secondary N) is 1. The molecule has 1 saturated heterocycles. The number of fused-ring (bicyclic) bond motifs is 1. The molecule has 9 nitrogen and oxygen atoms in total. The number of benzene rings is 2. The highest BCUT2D eigenvalue weighted by Gasteiger charge is 2.35. The molecule has 0 saturated carbocycles.